The van der Waals surface area contributed by atoms with E-state index in [-0.39, 0.29) is 23.8 Å². The van der Waals surface area contributed by atoms with Crippen LogP contribution in [0.2, 0.25) is 0 Å². The van der Waals surface area contributed by atoms with Gasteiger partial charge in [0.1, 0.15) is 13.2 Å². The van der Waals surface area contributed by atoms with Crippen molar-refractivity contribution in [3.05, 3.63) is 0 Å². The third-order valence-electron chi connectivity index (χ3n) is 3.98. The Labute approximate surface area is 119 Å². The van der Waals surface area contributed by atoms with E-state index in [1.807, 2.05) is 0 Å². The van der Waals surface area contributed by atoms with E-state index in [0.717, 1.165) is 26.1 Å². The molecule has 0 aromatic rings. The fourth-order valence-corrected chi connectivity index (χ4v) is 2.01. The maximum Gasteiger partial charge on any atom is 0.181 e. The van der Waals surface area contributed by atoms with Crippen molar-refractivity contribution in [2.75, 3.05) is 39.6 Å². The molecule has 0 aromatic carbocycles. The van der Waals surface area contributed by atoms with Gasteiger partial charge in [-0.25, -0.2) is 0 Å². The number of hydrogen-bond acceptors (Lipinski definition) is 6. The second-order valence-corrected chi connectivity index (χ2v) is 6.24. The maximum atomic E-state index is 5.61. The quantitative estimate of drug-likeness (QED) is 0.623. The predicted molar refractivity (Wildman–Crippen MR) is 69.3 cm³/mol. The van der Waals surface area contributed by atoms with Crippen molar-refractivity contribution in [2.24, 2.45) is 0 Å². The first-order valence-corrected chi connectivity index (χ1v) is 7.31. The average Bonchev–Trinajstić information content (AvgIpc) is 3.33. The van der Waals surface area contributed by atoms with Crippen LogP contribution < -0.4 is 0 Å². The lowest BCUT2D eigenvalue weighted by Crippen LogP contribution is -2.39. The molecule has 3 aliphatic rings. The van der Waals surface area contributed by atoms with Gasteiger partial charge in [-0.05, 0) is 13.8 Å². The van der Waals surface area contributed by atoms with Crippen molar-refractivity contribution in [3.8, 4) is 0 Å². The molecule has 3 rings (SSSR count). The first-order valence-electron chi connectivity index (χ1n) is 7.31. The fourth-order valence-electron chi connectivity index (χ4n) is 2.01. The zero-order valence-corrected chi connectivity index (χ0v) is 12.3. The zero-order chi connectivity index (χ0) is 14.1. The molecule has 0 saturated carbocycles. The summed E-state index contributed by atoms with van der Waals surface area (Å²) in [7, 11) is 0. The molecule has 20 heavy (non-hydrogen) atoms. The molecule has 3 fully saturated rings. The first kappa shape index (κ1) is 14.7. The highest BCUT2D eigenvalue weighted by atomic mass is 16.8. The highest BCUT2D eigenvalue weighted by Gasteiger charge is 2.39. The highest BCUT2D eigenvalue weighted by Crippen LogP contribution is 2.30. The molecule has 0 N–H and O–H groups in total. The largest absolute Gasteiger partial charge is 0.370 e. The molecule has 0 radical (unpaired) electrons. The molecule has 4 atom stereocenters. The molecule has 116 valence electrons. The number of ether oxygens (including phenoxy) is 6. The zero-order valence-electron chi connectivity index (χ0n) is 12.3. The summed E-state index contributed by atoms with van der Waals surface area (Å²) >= 11 is 0. The van der Waals surface area contributed by atoms with Gasteiger partial charge >= 0.3 is 0 Å². The second-order valence-electron chi connectivity index (χ2n) is 6.24. The van der Waals surface area contributed by atoms with Crippen LogP contribution in [0.15, 0.2) is 0 Å². The van der Waals surface area contributed by atoms with E-state index in [4.69, 9.17) is 28.4 Å². The molecular formula is C14H24O6. The van der Waals surface area contributed by atoms with Gasteiger partial charge in [0.25, 0.3) is 0 Å². The molecule has 6 heteroatoms. The van der Waals surface area contributed by atoms with Gasteiger partial charge in [0.05, 0.1) is 37.6 Å². The summed E-state index contributed by atoms with van der Waals surface area (Å²) in [6.45, 7) is 7.92. The molecule has 3 heterocycles. The van der Waals surface area contributed by atoms with Crippen LogP contribution in [0.5, 0.6) is 0 Å². The smallest absolute Gasteiger partial charge is 0.181 e. The second kappa shape index (κ2) is 5.87. The van der Waals surface area contributed by atoms with Gasteiger partial charge in [-0.2, -0.15) is 0 Å². The summed E-state index contributed by atoms with van der Waals surface area (Å²) in [4.78, 5) is 0. The minimum atomic E-state index is -0.290. The van der Waals surface area contributed by atoms with Crippen LogP contribution in [0, 0.1) is 0 Å². The minimum Gasteiger partial charge on any atom is -0.370 e. The molecule has 6 nitrogen and oxygen atoms in total. The summed E-state index contributed by atoms with van der Waals surface area (Å²) in [6, 6.07) is 0. The van der Waals surface area contributed by atoms with E-state index in [1.54, 1.807) is 0 Å². The SMILES string of the molecule is CC1(CCOC2COC(OCCC3(C)CO3)CO2)CO1. The highest BCUT2D eigenvalue weighted by molar-refractivity contribution is 4.86. The molecule has 0 spiro atoms. The van der Waals surface area contributed by atoms with Crippen LogP contribution in [0.1, 0.15) is 26.7 Å². The monoisotopic (exact) mass is 288 g/mol. The van der Waals surface area contributed by atoms with Gasteiger partial charge in [-0.15, -0.1) is 0 Å². The standard InChI is InChI=1S/C14H24O6/c1-13(9-19-13)3-5-15-11-7-18-12(8-17-11)16-6-4-14(2)10-20-14/h11-12H,3-10H2,1-2H3. The molecule has 0 amide bonds. The number of hydrogen-bond donors (Lipinski definition) is 0. The lowest BCUT2D eigenvalue weighted by Gasteiger charge is -2.29. The molecule has 0 aliphatic carbocycles. The van der Waals surface area contributed by atoms with E-state index in [2.05, 4.69) is 13.8 Å². The Kier molecular flexibility index (Phi) is 4.31. The van der Waals surface area contributed by atoms with E-state index in [0.29, 0.717) is 26.4 Å². The van der Waals surface area contributed by atoms with Crippen molar-refractivity contribution >= 4 is 0 Å². The summed E-state index contributed by atoms with van der Waals surface area (Å²) < 4.78 is 33.0. The summed E-state index contributed by atoms with van der Waals surface area (Å²) in [5.74, 6) is 0. The van der Waals surface area contributed by atoms with Gasteiger partial charge < -0.3 is 28.4 Å². The van der Waals surface area contributed by atoms with Gasteiger partial charge in [0, 0.05) is 12.8 Å². The van der Waals surface area contributed by atoms with Gasteiger partial charge in [0.2, 0.25) is 0 Å². The van der Waals surface area contributed by atoms with Crippen molar-refractivity contribution in [1.82, 2.24) is 0 Å². The Morgan fingerprint density at radius 2 is 1.25 bits per heavy atom. The van der Waals surface area contributed by atoms with Crippen LogP contribution in [0.3, 0.4) is 0 Å². The Morgan fingerprint density at radius 3 is 1.55 bits per heavy atom. The predicted octanol–water partition coefficient (Wildman–Crippen LogP) is 1.08. The van der Waals surface area contributed by atoms with E-state index in [1.165, 1.54) is 0 Å². The molecule has 3 saturated heterocycles. The maximum absolute atomic E-state index is 5.61. The van der Waals surface area contributed by atoms with E-state index >= 15 is 0 Å². The topological polar surface area (TPSA) is 62.0 Å². The van der Waals surface area contributed by atoms with Gasteiger partial charge in [0.15, 0.2) is 12.6 Å². The Balaban J connectivity index is 1.23. The molecule has 0 aromatic heterocycles. The van der Waals surface area contributed by atoms with Crippen molar-refractivity contribution < 1.29 is 28.4 Å². The number of rotatable bonds is 8. The summed E-state index contributed by atoms with van der Waals surface area (Å²) in [5, 5.41) is 0. The number of epoxide rings is 2. The van der Waals surface area contributed by atoms with Crippen LogP contribution in [-0.2, 0) is 28.4 Å². The third-order valence-corrected chi connectivity index (χ3v) is 3.98. The summed E-state index contributed by atoms with van der Waals surface area (Å²) in [6.07, 6.45) is 1.21. The van der Waals surface area contributed by atoms with Crippen molar-refractivity contribution in [3.63, 3.8) is 0 Å². The van der Waals surface area contributed by atoms with E-state index in [9.17, 15) is 0 Å². The van der Waals surface area contributed by atoms with Crippen LogP contribution in [-0.4, -0.2) is 63.4 Å². The Bertz CT molecular complexity index is 286. The molecule has 3 aliphatic heterocycles. The minimum absolute atomic E-state index is 0.0299. The average molecular weight is 288 g/mol. The fraction of sp³-hybridized carbons (Fsp3) is 1.00. The van der Waals surface area contributed by atoms with E-state index < -0.39 is 0 Å². The lowest BCUT2D eigenvalue weighted by atomic mass is 10.1. The van der Waals surface area contributed by atoms with Gasteiger partial charge in [-0.1, -0.05) is 0 Å². The van der Waals surface area contributed by atoms with Crippen molar-refractivity contribution in [1.29, 1.82) is 0 Å². The van der Waals surface area contributed by atoms with Crippen LogP contribution >= 0.6 is 0 Å². The normalized spacial score (nSPS) is 43.5. The Hall–Kier alpha value is -0.240. The first-order chi connectivity index (χ1) is 9.57. The molecule has 0 bridgehead atoms. The third kappa shape index (κ3) is 4.38. The van der Waals surface area contributed by atoms with Crippen LogP contribution in [0.4, 0.5) is 0 Å². The Morgan fingerprint density at radius 1 is 0.850 bits per heavy atom. The summed E-state index contributed by atoms with van der Waals surface area (Å²) in [5.41, 5.74) is 0.0598. The van der Waals surface area contributed by atoms with Gasteiger partial charge in [-0.3, -0.25) is 0 Å². The lowest BCUT2D eigenvalue weighted by molar-refractivity contribution is -0.290. The molecule has 4 unspecified atom stereocenters. The van der Waals surface area contributed by atoms with Crippen molar-refractivity contribution in [2.45, 2.75) is 50.5 Å². The molecular weight excluding hydrogens is 264 g/mol. The van der Waals surface area contributed by atoms with Crippen LogP contribution in [0.25, 0.3) is 0 Å².